The van der Waals surface area contributed by atoms with E-state index in [1.54, 1.807) is 24.3 Å². The Morgan fingerprint density at radius 3 is 2.33 bits per heavy atom. The molecule has 0 saturated heterocycles. The molecule has 6 nitrogen and oxygen atoms in total. The first-order valence-electron chi connectivity index (χ1n) is 8.43. The molecule has 0 aliphatic carbocycles. The Labute approximate surface area is 162 Å². The first-order valence-corrected chi connectivity index (χ1v) is 8.80. The van der Waals surface area contributed by atoms with Gasteiger partial charge >= 0.3 is 5.97 Å². The molecule has 0 heterocycles. The van der Waals surface area contributed by atoms with E-state index in [1.807, 2.05) is 30.3 Å². The molecule has 0 radical (unpaired) electrons. The minimum atomic E-state index is -0.533. The van der Waals surface area contributed by atoms with Gasteiger partial charge in [0.15, 0.2) is 0 Å². The van der Waals surface area contributed by atoms with Gasteiger partial charge in [0, 0.05) is 11.9 Å². The number of carbonyl (C=O) groups is 3. The summed E-state index contributed by atoms with van der Waals surface area (Å²) in [4.78, 5) is 35.3. The van der Waals surface area contributed by atoms with Crippen molar-refractivity contribution in [3.8, 4) is 0 Å². The number of benzene rings is 2. The van der Waals surface area contributed by atoms with E-state index in [-0.39, 0.29) is 31.4 Å². The molecule has 0 bridgehead atoms. The van der Waals surface area contributed by atoms with Gasteiger partial charge in [0.1, 0.15) is 13.2 Å². The fourth-order valence-electron chi connectivity index (χ4n) is 2.41. The molecule has 0 saturated carbocycles. The van der Waals surface area contributed by atoms with Crippen LogP contribution in [0.5, 0.6) is 0 Å². The van der Waals surface area contributed by atoms with Gasteiger partial charge in [0.05, 0.1) is 12.5 Å². The third kappa shape index (κ3) is 7.50. The van der Waals surface area contributed by atoms with Crippen LogP contribution in [0.15, 0.2) is 54.6 Å². The van der Waals surface area contributed by atoms with Crippen LogP contribution < -0.4 is 10.6 Å². The molecule has 7 heteroatoms. The number of nitrogens with one attached hydrogen (secondary N) is 2. The number of amides is 2. The van der Waals surface area contributed by atoms with E-state index in [0.29, 0.717) is 5.02 Å². The molecule has 142 valence electrons. The summed E-state index contributed by atoms with van der Waals surface area (Å²) in [7, 11) is 0. The molecule has 0 aliphatic rings. The van der Waals surface area contributed by atoms with Crippen LogP contribution in [0.3, 0.4) is 0 Å². The van der Waals surface area contributed by atoms with Crippen LogP contribution in [0.1, 0.15) is 30.5 Å². The first-order chi connectivity index (χ1) is 12.9. The predicted molar refractivity (Wildman–Crippen MR) is 102 cm³/mol. The van der Waals surface area contributed by atoms with Gasteiger partial charge in [-0.3, -0.25) is 14.4 Å². The highest BCUT2D eigenvalue weighted by Crippen LogP contribution is 2.19. The van der Waals surface area contributed by atoms with E-state index in [2.05, 4.69) is 10.6 Å². The van der Waals surface area contributed by atoms with Gasteiger partial charge < -0.3 is 15.4 Å². The molecule has 27 heavy (non-hydrogen) atoms. The summed E-state index contributed by atoms with van der Waals surface area (Å²) < 4.78 is 5.11. The average Bonchev–Trinajstić information content (AvgIpc) is 2.65. The third-order valence-electron chi connectivity index (χ3n) is 3.71. The Bertz CT molecular complexity index is 778. The summed E-state index contributed by atoms with van der Waals surface area (Å²) in [5, 5.41) is 5.80. The maximum absolute atomic E-state index is 12.2. The number of ether oxygens (including phenoxy) is 1. The van der Waals surface area contributed by atoms with E-state index in [4.69, 9.17) is 16.3 Å². The lowest BCUT2D eigenvalue weighted by Gasteiger charge is -2.18. The molecule has 0 aromatic heterocycles. The quantitative estimate of drug-likeness (QED) is 0.681. The minimum Gasteiger partial charge on any atom is -0.460 e. The summed E-state index contributed by atoms with van der Waals surface area (Å²) in [6.45, 7) is 1.29. The largest absolute Gasteiger partial charge is 0.460 e. The second kappa shape index (κ2) is 10.3. The molecule has 2 amide bonds. The van der Waals surface area contributed by atoms with Gasteiger partial charge in [0.25, 0.3) is 0 Å². The van der Waals surface area contributed by atoms with Crippen LogP contribution in [0, 0.1) is 0 Å². The highest BCUT2D eigenvalue weighted by Gasteiger charge is 2.18. The molecular formula is C20H21ClN2O4. The Kier molecular flexibility index (Phi) is 7.82. The van der Waals surface area contributed by atoms with Crippen molar-refractivity contribution in [1.29, 1.82) is 0 Å². The van der Waals surface area contributed by atoms with Gasteiger partial charge in [-0.15, -0.1) is 0 Å². The molecule has 0 aliphatic heterocycles. The molecule has 1 unspecified atom stereocenters. The van der Waals surface area contributed by atoms with Crippen LogP contribution in [0.25, 0.3) is 0 Å². The van der Waals surface area contributed by atoms with Crippen LogP contribution in [-0.2, 0) is 25.7 Å². The Morgan fingerprint density at radius 1 is 1.04 bits per heavy atom. The number of halogens is 1. The third-order valence-corrected chi connectivity index (χ3v) is 3.96. The molecule has 0 spiro atoms. The number of hydrogen-bond acceptors (Lipinski definition) is 4. The van der Waals surface area contributed by atoms with Crippen molar-refractivity contribution in [2.45, 2.75) is 26.0 Å². The van der Waals surface area contributed by atoms with Crippen molar-refractivity contribution in [3.05, 3.63) is 70.7 Å². The summed E-state index contributed by atoms with van der Waals surface area (Å²) >= 11 is 5.87. The molecule has 1 atom stereocenters. The summed E-state index contributed by atoms with van der Waals surface area (Å²) in [5.41, 5.74) is 1.61. The molecule has 2 N–H and O–H groups in total. The maximum atomic E-state index is 12.2. The van der Waals surface area contributed by atoms with Crippen molar-refractivity contribution < 1.29 is 19.1 Å². The molecule has 2 rings (SSSR count). The molecule has 0 fully saturated rings. The van der Waals surface area contributed by atoms with Gasteiger partial charge in [-0.05, 0) is 23.3 Å². The van der Waals surface area contributed by atoms with Crippen molar-refractivity contribution in [2.75, 3.05) is 6.54 Å². The number of esters is 1. The van der Waals surface area contributed by atoms with Crippen molar-refractivity contribution in [3.63, 3.8) is 0 Å². The zero-order valence-electron chi connectivity index (χ0n) is 14.9. The Morgan fingerprint density at radius 2 is 1.70 bits per heavy atom. The lowest BCUT2D eigenvalue weighted by molar-refractivity contribution is -0.145. The SMILES string of the molecule is CC(=O)NC(CC(=O)NCC(=O)OCc1ccccc1)c1ccc(Cl)cc1. The zero-order valence-corrected chi connectivity index (χ0v) is 15.7. The molecule has 2 aromatic rings. The summed E-state index contributed by atoms with van der Waals surface area (Å²) in [6.07, 6.45) is -0.00677. The highest BCUT2D eigenvalue weighted by atomic mass is 35.5. The fourth-order valence-corrected chi connectivity index (χ4v) is 2.54. The van der Waals surface area contributed by atoms with E-state index in [0.717, 1.165) is 11.1 Å². The number of hydrogen-bond donors (Lipinski definition) is 2. The Balaban J connectivity index is 1.83. The second-order valence-corrected chi connectivity index (χ2v) is 6.37. The monoisotopic (exact) mass is 388 g/mol. The van der Waals surface area contributed by atoms with Crippen molar-refractivity contribution in [1.82, 2.24) is 10.6 Å². The second-order valence-electron chi connectivity index (χ2n) is 5.93. The van der Waals surface area contributed by atoms with Gasteiger partial charge in [-0.2, -0.15) is 0 Å². The van der Waals surface area contributed by atoms with Gasteiger partial charge in [-0.1, -0.05) is 54.1 Å². The lowest BCUT2D eigenvalue weighted by atomic mass is 10.0. The average molecular weight is 389 g/mol. The van der Waals surface area contributed by atoms with Crippen LogP contribution in [0.4, 0.5) is 0 Å². The van der Waals surface area contributed by atoms with E-state index in [1.165, 1.54) is 6.92 Å². The minimum absolute atomic E-state index is 0.00677. The Hall–Kier alpha value is -2.86. The maximum Gasteiger partial charge on any atom is 0.325 e. The predicted octanol–water partition coefficient (Wildman–Crippen LogP) is 2.77. The molecule has 2 aromatic carbocycles. The fraction of sp³-hybridized carbons (Fsp3) is 0.250. The van der Waals surface area contributed by atoms with E-state index in [9.17, 15) is 14.4 Å². The van der Waals surface area contributed by atoms with Crippen molar-refractivity contribution in [2.24, 2.45) is 0 Å². The normalized spacial score (nSPS) is 11.3. The van der Waals surface area contributed by atoms with Crippen LogP contribution >= 0.6 is 11.6 Å². The van der Waals surface area contributed by atoms with Crippen LogP contribution in [-0.4, -0.2) is 24.3 Å². The first kappa shape index (κ1) is 20.5. The lowest BCUT2D eigenvalue weighted by Crippen LogP contribution is -2.35. The van der Waals surface area contributed by atoms with Gasteiger partial charge in [0.2, 0.25) is 11.8 Å². The molecular weight excluding hydrogens is 368 g/mol. The van der Waals surface area contributed by atoms with E-state index >= 15 is 0 Å². The zero-order chi connectivity index (χ0) is 19.6. The van der Waals surface area contributed by atoms with Crippen molar-refractivity contribution >= 4 is 29.4 Å². The van der Waals surface area contributed by atoms with Gasteiger partial charge in [-0.25, -0.2) is 0 Å². The standard InChI is InChI=1S/C20H21ClN2O4/c1-14(24)23-18(16-7-9-17(21)10-8-16)11-19(25)22-12-20(26)27-13-15-5-3-2-4-6-15/h2-10,18H,11-13H2,1H3,(H,22,25)(H,23,24). The highest BCUT2D eigenvalue weighted by molar-refractivity contribution is 6.30. The van der Waals surface area contributed by atoms with E-state index < -0.39 is 12.0 Å². The van der Waals surface area contributed by atoms with Crippen LogP contribution in [0.2, 0.25) is 5.02 Å². The smallest absolute Gasteiger partial charge is 0.325 e. The summed E-state index contributed by atoms with van der Waals surface area (Å²) in [5.74, 6) is -1.17. The number of rotatable bonds is 8. The number of carbonyl (C=O) groups excluding carboxylic acids is 3. The topological polar surface area (TPSA) is 84.5 Å². The summed E-state index contributed by atoms with van der Waals surface area (Å²) in [6, 6.07) is 15.6.